The van der Waals surface area contributed by atoms with Crippen LogP contribution in [0.15, 0.2) is 30.3 Å². The smallest absolute Gasteiger partial charge is 0.307 e. The Kier molecular flexibility index (Phi) is 2.09. The zero-order chi connectivity index (χ0) is 11.1. The van der Waals surface area contributed by atoms with Crippen molar-refractivity contribution in [3.63, 3.8) is 0 Å². The summed E-state index contributed by atoms with van der Waals surface area (Å²) in [6, 6.07) is 8.55. The Morgan fingerprint density at radius 1 is 1.27 bits per heavy atom. The van der Waals surface area contributed by atoms with Crippen LogP contribution in [0.2, 0.25) is 0 Å². The number of nitrogens with two attached hydrogens (primary N) is 1. The van der Waals surface area contributed by atoms with Gasteiger partial charge in [0.2, 0.25) is 0 Å². The maximum Gasteiger partial charge on any atom is 0.307 e. The summed E-state index contributed by atoms with van der Waals surface area (Å²) < 4.78 is 21.6. The fourth-order valence-electron chi connectivity index (χ4n) is 1.34. The van der Waals surface area contributed by atoms with Gasteiger partial charge in [-0.2, -0.15) is 0 Å². The summed E-state index contributed by atoms with van der Waals surface area (Å²) >= 11 is 0. The molecule has 0 aliphatic carbocycles. The summed E-state index contributed by atoms with van der Waals surface area (Å²) in [6.45, 7) is 0. The van der Waals surface area contributed by atoms with Crippen molar-refractivity contribution in [3.8, 4) is 0 Å². The summed E-state index contributed by atoms with van der Waals surface area (Å²) in [4.78, 5) is 14.0. The van der Waals surface area contributed by atoms with Crippen molar-refractivity contribution >= 4 is 26.0 Å². The highest BCUT2D eigenvalue weighted by atomic mass is 32.2. The first-order chi connectivity index (χ1) is 6.98. The summed E-state index contributed by atoms with van der Waals surface area (Å²) in [6.07, 6.45) is 0. The fraction of sp³-hybridized carbons (Fsp3) is 0. The van der Waals surface area contributed by atoms with E-state index < -0.39 is 15.1 Å². The molecule has 2 aromatic rings. The monoisotopic (exact) mass is 224 g/mol. The molecular weight excluding hydrogens is 216 g/mol. The molecule has 2 rings (SSSR count). The average molecular weight is 224 g/mol. The molecule has 6 heteroatoms. The molecule has 0 saturated heterocycles. The van der Waals surface area contributed by atoms with E-state index in [1.54, 1.807) is 24.3 Å². The van der Waals surface area contributed by atoms with Gasteiger partial charge in [0.05, 0.1) is 0 Å². The number of benzene rings is 1. The van der Waals surface area contributed by atoms with Crippen LogP contribution in [-0.4, -0.2) is 18.5 Å². The van der Waals surface area contributed by atoms with Crippen molar-refractivity contribution in [1.29, 1.82) is 0 Å². The Balaban J connectivity index is 2.60. The number of aromatic amines is 1. The van der Waals surface area contributed by atoms with Gasteiger partial charge in [0, 0.05) is 10.9 Å². The summed E-state index contributed by atoms with van der Waals surface area (Å²) in [5.41, 5.74) is 0.684. The van der Waals surface area contributed by atoms with Crippen molar-refractivity contribution in [3.05, 3.63) is 36.0 Å². The Morgan fingerprint density at radius 2 is 1.93 bits per heavy atom. The number of carbonyl (C=O) groups is 1. The van der Waals surface area contributed by atoms with Gasteiger partial charge in [-0.3, -0.25) is 4.79 Å². The van der Waals surface area contributed by atoms with Gasteiger partial charge in [0.1, 0.15) is 5.69 Å². The Labute approximate surface area is 85.9 Å². The Hall–Kier alpha value is -1.66. The molecule has 3 N–H and O–H groups in total. The van der Waals surface area contributed by atoms with E-state index in [2.05, 4.69) is 4.98 Å². The zero-order valence-corrected chi connectivity index (χ0v) is 8.41. The highest BCUT2D eigenvalue weighted by Gasteiger charge is 2.20. The molecule has 15 heavy (non-hydrogen) atoms. The third kappa shape index (κ3) is 1.77. The van der Waals surface area contributed by atoms with Crippen LogP contribution in [0, 0.1) is 0 Å². The SMILES string of the molecule is NS(=O)(=O)C(=O)c1cc2ccccc2[nH]1. The Bertz CT molecular complexity index is 595. The van der Waals surface area contributed by atoms with Crippen LogP contribution in [0.1, 0.15) is 10.5 Å². The molecule has 0 fully saturated rings. The number of fused-ring (bicyclic) bond motifs is 1. The number of primary sulfonamides is 1. The Morgan fingerprint density at radius 3 is 2.53 bits per heavy atom. The molecule has 0 saturated carbocycles. The number of para-hydroxylation sites is 1. The van der Waals surface area contributed by atoms with E-state index in [9.17, 15) is 13.2 Å². The van der Waals surface area contributed by atoms with E-state index in [-0.39, 0.29) is 5.69 Å². The second kappa shape index (κ2) is 3.18. The van der Waals surface area contributed by atoms with E-state index in [1.807, 2.05) is 0 Å². The maximum atomic E-state index is 11.3. The second-order valence-electron chi connectivity index (χ2n) is 3.10. The first-order valence-corrected chi connectivity index (χ1v) is 5.68. The predicted molar refractivity (Wildman–Crippen MR) is 55.7 cm³/mol. The predicted octanol–water partition coefficient (Wildman–Crippen LogP) is 0.597. The lowest BCUT2D eigenvalue weighted by Gasteiger charge is -1.91. The summed E-state index contributed by atoms with van der Waals surface area (Å²) in [7, 11) is -4.17. The molecule has 1 heterocycles. The molecule has 0 amide bonds. The van der Waals surface area contributed by atoms with Gasteiger partial charge in [-0.25, -0.2) is 13.6 Å². The maximum absolute atomic E-state index is 11.3. The molecule has 0 aliphatic rings. The average Bonchev–Trinajstić information content (AvgIpc) is 2.58. The van der Waals surface area contributed by atoms with Gasteiger partial charge in [-0.1, -0.05) is 18.2 Å². The lowest BCUT2D eigenvalue weighted by Crippen LogP contribution is -2.23. The molecular formula is C9H8N2O3S. The molecule has 0 atom stereocenters. The minimum absolute atomic E-state index is 0.0151. The van der Waals surface area contributed by atoms with Crippen LogP contribution < -0.4 is 5.14 Å². The van der Waals surface area contributed by atoms with E-state index in [1.165, 1.54) is 6.07 Å². The number of aromatic nitrogens is 1. The second-order valence-corrected chi connectivity index (χ2v) is 4.56. The molecule has 1 aromatic carbocycles. The van der Waals surface area contributed by atoms with Crippen LogP contribution in [0.5, 0.6) is 0 Å². The molecule has 0 radical (unpaired) electrons. The first kappa shape index (κ1) is 9.88. The molecule has 0 aliphatic heterocycles. The van der Waals surface area contributed by atoms with Gasteiger partial charge in [-0.05, 0) is 12.1 Å². The highest BCUT2D eigenvalue weighted by Crippen LogP contribution is 2.15. The molecule has 5 nitrogen and oxygen atoms in total. The number of rotatable bonds is 1. The quantitative estimate of drug-likeness (QED) is 0.742. The minimum atomic E-state index is -4.17. The van der Waals surface area contributed by atoms with Crippen molar-refractivity contribution < 1.29 is 13.2 Å². The minimum Gasteiger partial charge on any atom is -0.351 e. The third-order valence-corrected chi connectivity index (χ3v) is 2.75. The van der Waals surface area contributed by atoms with E-state index in [4.69, 9.17) is 5.14 Å². The zero-order valence-electron chi connectivity index (χ0n) is 7.60. The number of hydrogen-bond donors (Lipinski definition) is 2. The van der Waals surface area contributed by atoms with Gasteiger partial charge in [0.15, 0.2) is 0 Å². The van der Waals surface area contributed by atoms with Gasteiger partial charge < -0.3 is 4.98 Å². The van der Waals surface area contributed by atoms with Crippen LogP contribution in [0.3, 0.4) is 0 Å². The lowest BCUT2D eigenvalue weighted by molar-refractivity contribution is 0.107. The standard InChI is InChI=1S/C9H8N2O3S/c10-15(13,14)9(12)8-5-6-3-1-2-4-7(6)11-8/h1-5,11H,(H2,10,13,14). The number of nitrogens with one attached hydrogen (secondary N) is 1. The summed E-state index contributed by atoms with van der Waals surface area (Å²) in [5, 5.41) is 4.41. The largest absolute Gasteiger partial charge is 0.351 e. The normalized spacial score (nSPS) is 11.8. The molecule has 1 aromatic heterocycles. The van der Waals surface area contributed by atoms with Crippen LogP contribution in [0.4, 0.5) is 0 Å². The third-order valence-electron chi connectivity index (χ3n) is 2.01. The van der Waals surface area contributed by atoms with Gasteiger partial charge >= 0.3 is 5.12 Å². The van der Waals surface area contributed by atoms with Crippen molar-refractivity contribution in [1.82, 2.24) is 4.98 Å². The van der Waals surface area contributed by atoms with Crippen LogP contribution >= 0.6 is 0 Å². The highest BCUT2D eigenvalue weighted by molar-refractivity contribution is 8.04. The number of hydrogen-bond acceptors (Lipinski definition) is 3. The summed E-state index contributed by atoms with van der Waals surface area (Å²) in [5.74, 6) is 0. The van der Waals surface area contributed by atoms with Crippen LogP contribution in [0.25, 0.3) is 10.9 Å². The van der Waals surface area contributed by atoms with E-state index >= 15 is 0 Å². The van der Waals surface area contributed by atoms with Crippen molar-refractivity contribution in [2.24, 2.45) is 5.14 Å². The number of H-pyrrole nitrogens is 1. The molecule has 0 spiro atoms. The van der Waals surface area contributed by atoms with Crippen molar-refractivity contribution in [2.75, 3.05) is 0 Å². The number of sulfonamides is 1. The molecule has 0 bridgehead atoms. The van der Waals surface area contributed by atoms with Crippen molar-refractivity contribution in [2.45, 2.75) is 0 Å². The topological polar surface area (TPSA) is 93.0 Å². The lowest BCUT2D eigenvalue weighted by atomic mass is 10.2. The first-order valence-electron chi connectivity index (χ1n) is 4.13. The molecule has 78 valence electrons. The van der Waals surface area contributed by atoms with Gasteiger partial charge in [0.25, 0.3) is 10.0 Å². The van der Waals surface area contributed by atoms with E-state index in [0.717, 1.165) is 5.39 Å². The van der Waals surface area contributed by atoms with E-state index in [0.29, 0.717) is 5.52 Å². The van der Waals surface area contributed by atoms with Gasteiger partial charge in [-0.15, -0.1) is 0 Å². The number of carbonyl (C=O) groups excluding carboxylic acids is 1. The fourth-order valence-corrected chi connectivity index (χ4v) is 1.75. The molecule has 0 unspecified atom stereocenters. The van der Waals surface area contributed by atoms with Crippen LogP contribution in [-0.2, 0) is 10.0 Å².